The molecule has 0 atom stereocenters. The van der Waals surface area contributed by atoms with E-state index in [9.17, 15) is 13.2 Å². The van der Waals surface area contributed by atoms with Crippen molar-refractivity contribution in [2.45, 2.75) is 31.2 Å². The summed E-state index contributed by atoms with van der Waals surface area (Å²) in [7, 11) is -3.96. The Kier molecular flexibility index (Phi) is 12.0. The van der Waals surface area contributed by atoms with E-state index in [4.69, 9.17) is 45.6 Å². The first-order chi connectivity index (χ1) is 17.4. The molecular weight excluding hydrogens is 554 g/mol. The molecule has 3 aromatic rings. The molecule has 1 aromatic heterocycles. The number of hydrogen-bond acceptors (Lipinski definition) is 5. The number of nitrogens with zero attached hydrogens (tertiary/aromatic N) is 1. The number of hydrogen-bond donors (Lipinski definition) is 0. The Hall–Kier alpha value is -2.53. The third-order valence-corrected chi connectivity index (χ3v) is 6.04. The fraction of sp³-hybridized carbons (Fsp3) is 0.320. The van der Waals surface area contributed by atoms with E-state index in [0.717, 1.165) is 37.2 Å². The van der Waals surface area contributed by atoms with Crippen molar-refractivity contribution in [1.29, 1.82) is 0 Å². The molecule has 202 valence electrons. The minimum absolute atomic E-state index is 0.665. The van der Waals surface area contributed by atoms with Gasteiger partial charge < -0.3 is 14.0 Å². The molecule has 2 aromatic carbocycles. The van der Waals surface area contributed by atoms with Gasteiger partial charge in [-0.3, -0.25) is 0 Å². The van der Waals surface area contributed by atoms with Crippen LogP contribution in [0.3, 0.4) is 0 Å². The summed E-state index contributed by atoms with van der Waals surface area (Å²) >= 11 is 12.0. The highest BCUT2D eigenvalue weighted by atomic mass is 35.5. The molecule has 0 saturated heterocycles. The first kappa shape index (κ1) is 30.7. The van der Waals surface area contributed by atoms with E-state index in [1.165, 1.54) is 11.4 Å². The van der Waals surface area contributed by atoms with Gasteiger partial charge in [-0.2, -0.15) is 13.2 Å². The minimum Gasteiger partial charge on any atom is -0.741 e. The molecular formula is C25H26Cl2F3NO5S. The van der Waals surface area contributed by atoms with Crippen LogP contribution < -0.4 is 14.0 Å². The van der Waals surface area contributed by atoms with Crippen molar-refractivity contribution in [3.63, 3.8) is 0 Å². The second kappa shape index (κ2) is 14.4. The van der Waals surface area contributed by atoms with E-state index in [0.29, 0.717) is 23.3 Å². The van der Waals surface area contributed by atoms with Gasteiger partial charge in [-0.15, -0.1) is 0 Å². The Morgan fingerprint density at radius 2 is 1.19 bits per heavy atom. The lowest BCUT2D eigenvalue weighted by Crippen LogP contribution is -2.38. The van der Waals surface area contributed by atoms with E-state index in [-0.39, 0.29) is 0 Å². The Bertz CT molecular complexity index is 1190. The van der Waals surface area contributed by atoms with Crippen molar-refractivity contribution >= 4 is 33.3 Å². The minimum atomic E-state index is -6.09. The number of ether oxygens (including phenoxy) is 2. The molecule has 0 N–H and O–H groups in total. The molecule has 0 saturated carbocycles. The largest absolute Gasteiger partial charge is 0.741 e. The molecule has 0 unspecified atom stereocenters. The van der Waals surface area contributed by atoms with Crippen molar-refractivity contribution in [2.75, 3.05) is 13.2 Å². The fourth-order valence-corrected chi connectivity index (χ4v) is 3.54. The molecule has 0 bridgehead atoms. The Morgan fingerprint density at radius 1 is 0.811 bits per heavy atom. The summed E-state index contributed by atoms with van der Waals surface area (Å²) in [5, 5.41) is 1.39. The number of rotatable bonds is 10. The molecule has 6 nitrogen and oxygen atoms in total. The lowest BCUT2D eigenvalue weighted by atomic mass is 10.1. The fourth-order valence-electron chi connectivity index (χ4n) is 3.18. The Labute approximate surface area is 224 Å². The Balaban J connectivity index is 0.000000521. The number of aromatic nitrogens is 1. The summed E-state index contributed by atoms with van der Waals surface area (Å²) in [6, 6.07) is 21.5. The second-order valence-electron chi connectivity index (χ2n) is 7.79. The third-order valence-electron chi connectivity index (χ3n) is 5.01. The first-order valence-corrected chi connectivity index (χ1v) is 13.3. The van der Waals surface area contributed by atoms with Gasteiger partial charge in [0.1, 0.15) is 18.5 Å². The monoisotopic (exact) mass is 579 g/mol. The molecule has 0 amide bonds. The molecule has 37 heavy (non-hydrogen) atoms. The lowest BCUT2D eigenvalue weighted by Gasteiger charge is -2.08. The highest BCUT2D eigenvalue weighted by molar-refractivity contribution is 7.86. The zero-order valence-electron chi connectivity index (χ0n) is 19.9. The first-order valence-electron chi connectivity index (χ1n) is 11.1. The van der Waals surface area contributed by atoms with Gasteiger partial charge in [0.15, 0.2) is 21.5 Å². The van der Waals surface area contributed by atoms with Gasteiger partial charge in [0.2, 0.25) is 0 Å². The molecule has 0 aliphatic heterocycles. The van der Waals surface area contributed by atoms with E-state index < -0.39 is 15.6 Å². The van der Waals surface area contributed by atoms with Crippen LogP contribution in [0.4, 0.5) is 13.2 Å². The smallest absolute Gasteiger partial charge is 0.485 e. The van der Waals surface area contributed by atoms with Gasteiger partial charge >= 0.3 is 5.51 Å². The average molecular weight is 580 g/mol. The molecule has 0 spiro atoms. The van der Waals surface area contributed by atoms with Crippen LogP contribution in [0.25, 0.3) is 0 Å². The van der Waals surface area contributed by atoms with Gasteiger partial charge in [0, 0.05) is 35.0 Å². The van der Waals surface area contributed by atoms with E-state index >= 15 is 0 Å². The van der Waals surface area contributed by atoms with Gasteiger partial charge in [-0.1, -0.05) is 35.3 Å². The summed E-state index contributed by atoms with van der Waals surface area (Å²) in [4.78, 5) is 0. The van der Waals surface area contributed by atoms with Crippen LogP contribution in [0, 0.1) is 0 Å². The van der Waals surface area contributed by atoms with Crippen LogP contribution in [0.1, 0.15) is 24.2 Å². The van der Waals surface area contributed by atoms with E-state index in [2.05, 4.69) is 29.8 Å². The van der Waals surface area contributed by atoms with Gasteiger partial charge in [0.25, 0.3) is 0 Å². The van der Waals surface area contributed by atoms with Gasteiger partial charge in [-0.05, 0) is 55.3 Å². The number of alkyl halides is 3. The zero-order valence-corrected chi connectivity index (χ0v) is 22.2. The number of aryl methyl sites for hydroxylation is 2. The third kappa shape index (κ3) is 11.2. The van der Waals surface area contributed by atoms with Crippen molar-refractivity contribution in [3.8, 4) is 11.5 Å². The van der Waals surface area contributed by atoms with Crippen LogP contribution in [0.15, 0.2) is 66.7 Å². The molecule has 0 fully saturated rings. The van der Waals surface area contributed by atoms with Gasteiger partial charge in [-0.25, -0.2) is 13.0 Å². The number of benzene rings is 2. The summed E-state index contributed by atoms with van der Waals surface area (Å²) in [5.41, 5.74) is -3.05. The van der Waals surface area contributed by atoms with Crippen LogP contribution >= 0.6 is 23.2 Å². The quantitative estimate of drug-likeness (QED) is 0.129. The topological polar surface area (TPSA) is 79.5 Å². The zero-order chi connectivity index (χ0) is 27.5. The van der Waals surface area contributed by atoms with Crippen molar-refractivity contribution < 1.29 is 40.2 Å². The predicted molar refractivity (Wildman–Crippen MR) is 134 cm³/mol. The average Bonchev–Trinajstić information content (AvgIpc) is 2.80. The normalized spacial score (nSPS) is 11.4. The lowest BCUT2D eigenvalue weighted by molar-refractivity contribution is -0.686. The number of pyridine rings is 1. The summed E-state index contributed by atoms with van der Waals surface area (Å²) in [5.74, 6) is 1.63. The standard InChI is InChI=1S/C24H26Cl2NO2.CHF3O3S/c1-27-21(11-5-15-28-23-13-2-7-19(25)17-23)9-4-10-22(27)12-6-16-29-24-14-3-8-20(26)18-24;2-1(3,4)8(5,6)7/h2-4,7-10,13-14,17-18H,5-6,11-12,15-16H2,1H3;(H,5,6,7)/q+1;/p-1. The summed E-state index contributed by atoms with van der Waals surface area (Å²) in [6.45, 7) is 1.33. The molecule has 0 aliphatic rings. The maximum Gasteiger partial charge on any atom is 0.485 e. The highest BCUT2D eigenvalue weighted by Crippen LogP contribution is 2.20. The molecule has 0 radical (unpaired) electrons. The van der Waals surface area contributed by atoms with Crippen LogP contribution in [0.2, 0.25) is 10.0 Å². The van der Waals surface area contributed by atoms with Crippen molar-refractivity contribution in [3.05, 3.63) is 88.2 Å². The number of halogens is 5. The van der Waals surface area contributed by atoms with Crippen molar-refractivity contribution in [2.24, 2.45) is 7.05 Å². The SMILES string of the molecule is C[n+]1c(CCCOc2cccc(Cl)c2)cccc1CCCOc1cccc(Cl)c1.O=S(=O)([O-])C(F)(F)F. The predicted octanol–water partition coefficient (Wildman–Crippen LogP) is 5.89. The van der Waals surface area contributed by atoms with Crippen LogP contribution in [-0.4, -0.2) is 31.7 Å². The maximum absolute atomic E-state index is 10.7. The highest BCUT2D eigenvalue weighted by Gasteiger charge is 2.36. The van der Waals surface area contributed by atoms with E-state index in [1.54, 1.807) is 0 Å². The Morgan fingerprint density at radius 3 is 1.54 bits per heavy atom. The second-order valence-corrected chi connectivity index (χ2v) is 10.0. The molecule has 1 heterocycles. The van der Waals surface area contributed by atoms with Crippen LogP contribution in [0.5, 0.6) is 11.5 Å². The van der Waals surface area contributed by atoms with Crippen LogP contribution in [-0.2, 0) is 30.0 Å². The summed E-state index contributed by atoms with van der Waals surface area (Å²) in [6.07, 6.45) is 3.82. The summed E-state index contributed by atoms with van der Waals surface area (Å²) < 4.78 is 72.8. The molecule has 0 aliphatic carbocycles. The molecule has 12 heteroatoms. The maximum atomic E-state index is 10.7. The molecule has 3 rings (SSSR count). The van der Waals surface area contributed by atoms with Crippen molar-refractivity contribution in [1.82, 2.24) is 0 Å². The van der Waals surface area contributed by atoms with Gasteiger partial charge in [0.05, 0.1) is 13.2 Å². The van der Waals surface area contributed by atoms with E-state index in [1.807, 2.05) is 48.5 Å².